The van der Waals surface area contributed by atoms with Crippen LogP contribution in [0.1, 0.15) is 20.8 Å². The first-order valence-electron chi connectivity index (χ1n) is 9.07. The molecule has 0 spiro atoms. The van der Waals surface area contributed by atoms with E-state index in [1.165, 1.54) is 18.4 Å². The summed E-state index contributed by atoms with van der Waals surface area (Å²) in [6, 6.07) is 8.09. The molecule has 0 saturated carbocycles. The van der Waals surface area contributed by atoms with Crippen molar-refractivity contribution in [3.63, 3.8) is 0 Å². The number of esters is 1. The number of anilines is 2. The molecule has 0 unspecified atom stereocenters. The number of ether oxygens (including phenoxy) is 2. The van der Waals surface area contributed by atoms with E-state index in [4.69, 9.17) is 21.7 Å². The minimum absolute atomic E-state index is 0.338. The summed E-state index contributed by atoms with van der Waals surface area (Å²) in [5.41, 5.74) is 2.66. The van der Waals surface area contributed by atoms with Crippen LogP contribution in [-0.4, -0.2) is 56.4 Å². The average Bonchev–Trinajstić information content (AvgIpc) is 3.00. The molecule has 0 amide bonds. The van der Waals surface area contributed by atoms with Gasteiger partial charge in [0.25, 0.3) is 0 Å². The molecule has 3 rings (SSSR count). The fraction of sp³-hybridized carbons (Fsp3) is 0.400. The first-order chi connectivity index (χ1) is 13.4. The number of thiocarbonyl (C=S) groups is 1. The van der Waals surface area contributed by atoms with Gasteiger partial charge in [-0.3, -0.25) is 0 Å². The van der Waals surface area contributed by atoms with Gasteiger partial charge >= 0.3 is 5.97 Å². The molecule has 0 aliphatic carbocycles. The molecule has 1 fully saturated rings. The molecule has 1 aliphatic heterocycles. The van der Waals surface area contributed by atoms with Gasteiger partial charge in [0, 0.05) is 42.8 Å². The molecule has 2 heterocycles. The molecule has 1 aliphatic rings. The van der Waals surface area contributed by atoms with Gasteiger partial charge in [-0.1, -0.05) is 6.07 Å². The first-order valence-corrected chi connectivity index (χ1v) is 10.3. The molecule has 0 atom stereocenters. The lowest BCUT2D eigenvalue weighted by Crippen LogP contribution is -2.50. The maximum Gasteiger partial charge on any atom is 0.341 e. The zero-order valence-electron chi connectivity index (χ0n) is 16.6. The number of nitrogens with one attached hydrogen (secondary N) is 1. The largest absolute Gasteiger partial charge is 0.497 e. The van der Waals surface area contributed by atoms with E-state index in [-0.39, 0.29) is 5.97 Å². The Labute approximate surface area is 175 Å². The van der Waals surface area contributed by atoms with Gasteiger partial charge in [0.2, 0.25) is 0 Å². The number of nitrogens with zero attached hydrogens (tertiary/aromatic N) is 2. The van der Waals surface area contributed by atoms with Crippen LogP contribution in [0.25, 0.3) is 0 Å². The van der Waals surface area contributed by atoms with Crippen LogP contribution in [0, 0.1) is 13.8 Å². The third-order valence-electron chi connectivity index (χ3n) is 4.98. The van der Waals surface area contributed by atoms with Gasteiger partial charge in [-0.05, 0) is 43.8 Å². The van der Waals surface area contributed by atoms with Crippen LogP contribution in [0.2, 0.25) is 0 Å². The number of benzene rings is 1. The molecule has 1 saturated heterocycles. The molecule has 1 aromatic heterocycles. The van der Waals surface area contributed by atoms with Crippen LogP contribution in [0.15, 0.2) is 24.3 Å². The summed E-state index contributed by atoms with van der Waals surface area (Å²) in [7, 11) is 3.08. The van der Waals surface area contributed by atoms with Crippen LogP contribution < -0.4 is 15.0 Å². The third-order valence-corrected chi connectivity index (χ3v) is 6.46. The second-order valence-electron chi connectivity index (χ2n) is 6.58. The zero-order chi connectivity index (χ0) is 20.3. The number of hydrogen-bond acceptors (Lipinski definition) is 6. The molecular formula is C20H25N3O3S2. The van der Waals surface area contributed by atoms with Crippen LogP contribution in [0.5, 0.6) is 5.75 Å². The van der Waals surface area contributed by atoms with E-state index in [9.17, 15) is 4.79 Å². The molecular weight excluding hydrogens is 394 g/mol. The van der Waals surface area contributed by atoms with Gasteiger partial charge in [-0.25, -0.2) is 4.79 Å². The molecule has 28 heavy (non-hydrogen) atoms. The minimum atomic E-state index is -0.338. The summed E-state index contributed by atoms with van der Waals surface area (Å²) in [4.78, 5) is 17.7. The average molecular weight is 420 g/mol. The maximum absolute atomic E-state index is 12.1. The van der Waals surface area contributed by atoms with Gasteiger partial charge in [0.1, 0.15) is 10.8 Å². The van der Waals surface area contributed by atoms with E-state index in [1.54, 1.807) is 7.11 Å². The number of rotatable bonds is 4. The van der Waals surface area contributed by atoms with Crippen LogP contribution in [0.3, 0.4) is 0 Å². The lowest BCUT2D eigenvalue weighted by Gasteiger charge is -2.37. The fourth-order valence-corrected chi connectivity index (χ4v) is 4.61. The predicted molar refractivity (Wildman–Crippen MR) is 118 cm³/mol. The van der Waals surface area contributed by atoms with Crippen molar-refractivity contribution in [2.45, 2.75) is 13.8 Å². The second-order valence-corrected chi connectivity index (χ2v) is 8.20. The van der Waals surface area contributed by atoms with E-state index in [1.807, 2.05) is 32.0 Å². The Morgan fingerprint density at radius 3 is 2.54 bits per heavy atom. The number of methoxy groups -OCH3 is 2. The highest BCUT2D eigenvalue weighted by atomic mass is 32.1. The molecule has 0 radical (unpaired) electrons. The standard InChI is InChI=1S/C20H25N3O3S2/c1-13-14(2)28-18(17(13)19(24)26-4)21-20(27)23-10-8-22(9-11-23)15-6-5-7-16(12-15)25-3/h5-7,12H,8-11H2,1-4H3,(H,21,27). The fourth-order valence-electron chi connectivity index (χ4n) is 3.21. The maximum atomic E-state index is 12.1. The summed E-state index contributed by atoms with van der Waals surface area (Å²) in [6.07, 6.45) is 0. The zero-order valence-corrected chi connectivity index (χ0v) is 18.2. The second kappa shape index (κ2) is 8.79. The highest BCUT2D eigenvalue weighted by Gasteiger charge is 2.24. The molecule has 6 nitrogen and oxygen atoms in total. The van der Waals surface area contributed by atoms with E-state index in [2.05, 4.69) is 21.2 Å². The van der Waals surface area contributed by atoms with Crippen molar-refractivity contribution in [3.05, 3.63) is 40.3 Å². The topological polar surface area (TPSA) is 54.0 Å². The lowest BCUT2D eigenvalue weighted by atomic mass is 10.1. The normalized spacial score (nSPS) is 14.0. The quantitative estimate of drug-likeness (QED) is 0.599. The Kier molecular flexibility index (Phi) is 6.41. The van der Waals surface area contributed by atoms with Crippen molar-refractivity contribution >= 4 is 45.3 Å². The summed E-state index contributed by atoms with van der Waals surface area (Å²) >= 11 is 7.14. The van der Waals surface area contributed by atoms with Gasteiger partial charge in [0.15, 0.2) is 5.11 Å². The van der Waals surface area contributed by atoms with Crippen molar-refractivity contribution in [2.24, 2.45) is 0 Å². The SMILES string of the molecule is COC(=O)c1c(NC(=S)N2CCN(c3cccc(OC)c3)CC2)sc(C)c1C. The highest BCUT2D eigenvalue weighted by Crippen LogP contribution is 2.33. The monoisotopic (exact) mass is 419 g/mol. The van der Waals surface area contributed by atoms with Gasteiger partial charge in [0.05, 0.1) is 19.8 Å². The van der Waals surface area contributed by atoms with Crippen molar-refractivity contribution in [3.8, 4) is 5.75 Å². The van der Waals surface area contributed by atoms with Crippen LogP contribution >= 0.6 is 23.6 Å². The smallest absolute Gasteiger partial charge is 0.341 e. The molecule has 2 aromatic rings. The number of thiophene rings is 1. The Morgan fingerprint density at radius 1 is 1.18 bits per heavy atom. The highest BCUT2D eigenvalue weighted by molar-refractivity contribution is 7.80. The summed E-state index contributed by atoms with van der Waals surface area (Å²) in [5, 5.41) is 4.65. The lowest BCUT2D eigenvalue weighted by molar-refractivity contribution is 0.0601. The number of hydrogen-bond donors (Lipinski definition) is 1. The van der Waals surface area contributed by atoms with Gasteiger partial charge in [-0.15, -0.1) is 11.3 Å². The van der Waals surface area contributed by atoms with Gasteiger partial charge < -0.3 is 24.6 Å². The Morgan fingerprint density at radius 2 is 1.89 bits per heavy atom. The van der Waals surface area contributed by atoms with Crippen LogP contribution in [0.4, 0.5) is 10.7 Å². The number of carbonyl (C=O) groups is 1. The number of piperazine rings is 1. The molecule has 150 valence electrons. The Bertz CT molecular complexity index is 874. The molecule has 0 bridgehead atoms. The van der Waals surface area contributed by atoms with E-state index in [0.717, 1.165) is 53.1 Å². The van der Waals surface area contributed by atoms with Crippen molar-refractivity contribution in [1.29, 1.82) is 0 Å². The summed E-state index contributed by atoms with van der Waals surface area (Å²) < 4.78 is 10.3. The van der Waals surface area contributed by atoms with E-state index in [0.29, 0.717) is 10.7 Å². The Balaban J connectivity index is 1.65. The Hall–Kier alpha value is -2.32. The van der Waals surface area contributed by atoms with Crippen molar-refractivity contribution in [2.75, 3.05) is 50.6 Å². The van der Waals surface area contributed by atoms with E-state index < -0.39 is 0 Å². The van der Waals surface area contributed by atoms with E-state index >= 15 is 0 Å². The molecule has 8 heteroatoms. The first kappa shape index (κ1) is 20.4. The van der Waals surface area contributed by atoms with Crippen LogP contribution in [-0.2, 0) is 4.74 Å². The molecule has 1 aromatic carbocycles. The van der Waals surface area contributed by atoms with Crippen molar-refractivity contribution < 1.29 is 14.3 Å². The molecule has 1 N–H and O–H groups in total. The summed E-state index contributed by atoms with van der Waals surface area (Å²) in [5.74, 6) is 0.519. The van der Waals surface area contributed by atoms with Gasteiger partial charge in [-0.2, -0.15) is 0 Å². The van der Waals surface area contributed by atoms with Crippen molar-refractivity contribution in [1.82, 2.24) is 4.90 Å². The third kappa shape index (κ3) is 4.23. The summed E-state index contributed by atoms with van der Waals surface area (Å²) in [6.45, 7) is 7.26. The minimum Gasteiger partial charge on any atom is -0.497 e. The number of carbonyl (C=O) groups excluding carboxylic acids is 1. The predicted octanol–water partition coefficient (Wildman–Crippen LogP) is 3.68. The number of aryl methyl sites for hydroxylation is 1.